The Morgan fingerprint density at radius 2 is 2.25 bits per heavy atom. The van der Waals surface area contributed by atoms with Gasteiger partial charge in [0.1, 0.15) is 5.82 Å². The molecule has 110 valence electrons. The minimum absolute atomic E-state index is 0.0953. The van der Waals surface area contributed by atoms with Crippen molar-refractivity contribution in [2.75, 3.05) is 20.6 Å². The molecule has 4 nitrogen and oxygen atoms in total. The Bertz CT molecular complexity index is 490. The van der Waals surface area contributed by atoms with Crippen LogP contribution in [0.5, 0.6) is 0 Å². The Labute approximate surface area is 119 Å². The van der Waals surface area contributed by atoms with Crippen molar-refractivity contribution in [3.8, 4) is 0 Å². The molecule has 1 aromatic rings. The number of amides is 1. The monoisotopic (exact) mass is 279 g/mol. The summed E-state index contributed by atoms with van der Waals surface area (Å²) in [7, 11) is 3.52. The fourth-order valence-corrected chi connectivity index (χ4v) is 2.69. The standard InChI is InChI=1S/C15H22FN3O/c1-18(2)15(20)14-4-3-7-19(14)10-12-8-11(9-17)5-6-13(12)16/h5-6,8,14H,3-4,7,9-10,17H2,1-2H3. The zero-order chi connectivity index (χ0) is 14.7. The quantitative estimate of drug-likeness (QED) is 0.905. The Hall–Kier alpha value is -1.46. The summed E-state index contributed by atoms with van der Waals surface area (Å²) in [6.45, 7) is 1.69. The molecule has 1 aliphatic rings. The van der Waals surface area contributed by atoms with Gasteiger partial charge in [-0.05, 0) is 31.0 Å². The van der Waals surface area contributed by atoms with Gasteiger partial charge in [0.25, 0.3) is 0 Å². The molecule has 0 aromatic heterocycles. The molecule has 0 saturated carbocycles. The summed E-state index contributed by atoms with van der Waals surface area (Å²) in [5.41, 5.74) is 7.13. The zero-order valence-electron chi connectivity index (χ0n) is 12.1. The van der Waals surface area contributed by atoms with Gasteiger partial charge in [0.05, 0.1) is 6.04 Å². The van der Waals surface area contributed by atoms with E-state index in [9.17, 15) is 9.18 Å². The lowest BCUT2D eigenvalue weighted by atomic mass is 10.1. The van der Waals surface area contributed by atoms with Crippen LogP contribution in [-0.4, -0.2) is 42.4 Å². The van der Waals surface area contributed by atoms with Crippen molar-refractivity contribution in [2.24, 2.45) is 5.73 Å². The number of carbonyl (C=O) groups excluding carboxylic acids is 1. The average Bonchev–Trinajstić information content (AvgIpc) is 2.88. The Morgan fingerprint density at radius 3 is 2.90 bits per heavy atom. The Balaban J connectivity index is 2.14. The highest BCUT2D eigenvalue weighted by atomic mass is 19.1. The normalized spacial score (nSPS) is 19.3. The molecule has 0 aliphatic carbocycles. The highest BCUT2D eigenvalue weighted by molar-refractivity contribution is 5.81. The van der Waals surface area contributed by atoms with E-state index in [1.807, 2.05) is 0 Å². The summed E-state index contributed by atoms with van der Waals surface area (Å²) < 4.78 is 13.9. The van der Waals surface area contributed by atoms with Gasteiger partial charge in [-0.2, -0.15) is 0 Å². The summed E-state index contributed by atoms with van der Waals surface area (Å²) in [6, 6.07) is 4.82. The van der Waals surface area contributed by atoms with Crippen molar-refractivity contribution in [3.05, 3.63) is 35.1 Å². The number of benzene rings is 1. The van der Waals surface area contributed by atoms with Gasteiger partial charge in [-0.1, -0.05) is 12.1 Å². The number of hydrogen-bond acceptors (Lipinski definition) is 3. The highest BCUT2D eigenvalue weighted by Crippen LogP contribution is 2.23. The van der Waals surface area contributed by atoms with Gasteiger partial charge in [0.2, 0.25) is 5.91 Å². The number of carbonyl (C=O) groups is 1. The topological polar surface area (TPSA) is 49.6 Å². The zero-order valence-corrected chi connectivity index (χ0v) is 12.1. The first kappa shape index (κ1) is 14.9. The van der Waals surface area contributed by atoms with Crippen LogP contribution < -0.4 is 5.73 Å². The summed E-state index contributed by atoms with van der Waals surface area (Å²) in [5.74, 6) is -0.136. The predicted molar refractivity (Wildman–Crippen MR) is 76.4 cm³/mol. The van der Waals surface area contributed by atoms with E-state index < -0.39 is 0 Å². The predicted octanol–water partition coefficient (Wildman–Crippen LogP) is 1.34. The maximum absolute atomic E-state index is 13.9. The molecule has 0 spiro atoms. The SMILES string of the molecule is CN(C)C(=O)C1CCCN1Cc1cc(CN)ccc1F. The number of likely N-dealkylation sites (N-methyl/N-ethyl adjacent to an activating group) is 1. The maximum atomic E-state index is 13.9. The molecule has 1 aromatic carbocycles. The van der Waals surface area contributed by atoms with Crippen LogP contribution >= 0.6 is 0 Å². The molecule has 1 fully saturated rings. The summed E-state index contributed by atoms with van der Waals surface area (Å²) in [4.78, 5) is 15.8. The molecule has 2 N–H and O–H groups in total. The van der Waals surface area contributed by atoms with E-state index in [0.29, 0.717) is 18.7 Å². The summed E-state index contributed by atoms with van der Waals surface area (Å²) >= 11 is 0. The molecular weight excluding hydrogens is 257 g/mol. The molecule has 1 saturated heterocycles. The van der Waals surface area contributed by atoms with E-state index in [1.54, 1.807) is 31.1 Å². The van der Waals surface area contributed by atoms with Crippen molar-refractivity contribution in [1.29, 1.82) is 0 Å². The first-order chi connectivity index (χ1) is 9.52. The largest absolute Gasteiger partial charge is 0.347 e. The molecule has 2 rings (SSSR count). The maximum Gasteiger partial charge on any atom is 0.239 e. The minimum atomic E-state index is -0.231. The Morgan fingerprint density at radius 1 is 1.50 bits per heavy atom. The van der Waals surface area contributed by atoms with Crippen LogP contribution in [0.25, 0.3) is 0 Å². The first-order valence-electron chi connectivity index (χ1n) is 6.95. The van der Waals surface area contributed by atoms with Crippen molar-refractivity contribution in [3.63, 3.8) is 0 Å². The fourth-order valence-electron chi connectivity index (χ4n) is 2.69. The lowest BCUT2D eigenvalue weighted by molar-refractivity contribution is -0.133. The molecule has 1 heterocycles. The lowest BCUT2D eigenvalue weighted by Crippen LogP contribution is -2.42. The molecule has 1 atom stereocenters. The molecule has 0 bridgehead atoms. The molecule has 0 radical (unpaired) electrons. The van der Waals surface area contributed by atoms with E-state index >= 15 is 0 Å². The van der Waals surface area contributed by atoms with Crippen molar-refractivity contribution < 1.29 is 9.18 Å². The second-order valence-corrected chi connectivity index (χ2v) is 5.49. The summed E-state index contributed by atoms with van der Waals surface area (Å²) in [6.07, 6.45) is 1.82. The third-order valence-electron chi connectivity index (χ3n) is 3.81. The van der Waals surface area contributed by atoms with Crippen LogP contribution in [0.15, 0.2) is 18.2 Å². The lowest BCUT2D eigenvalue weighted by Gasteiger charge is -2.26. The third-order valence-corrected chi connectivity index (χ3v) is 3.81. The molecule has 20 heavy (non-hydrogen) atoms. The molecule has 5 heteroatoms. The van der Waals surface area contributed by atoms with Crippen molar-refractivity contribution in [2.45, 2.75) is 32.0 Å². The van der Waals surface area contributed by atoms with Crippen molar-refractivity contribution in [1.82, 2.24) is 9.80 Å². The number of nitrogens with two attached hydrogens (primary N) is 1. The molecule has 1 aliphatic heterocycles. The van der Waals surface area contributed by atoms with Crippen LogP contribution in [0.2, 0.25) is 0 Å². The number of halogens is 1. The number of hydrogen-bond donors (Lipinski definition) is 1. The third kappa shape index (κ3) is 3.16. The minimum Gasteiger partial charge on any atom is -0.347 e. The van der Waals surface area contributed by atoms with Gasteiger partial charge < -0.3 is 10.6 Å². The van der Waals surface area contributed by atoms with Gasteiger partial charge in [-0.15, -0.1) is 0 Å². The second kappa shape index (κ2) is 6.33. The average molecular weight is 279 g/mol. The van der Waals surface area contributed by atoms with Gasteiger partial charge in [0.15, 0.2) is 0 Å². The molecule has 1 unspecified atom stereocenters. The van der Waals surface area contributed by atoms with Gasteiger partial charge in [0, 0.05) is 32.7 Å². The van der Waals surface area contributed by atoms with Crippen LogP contribution in [-0.2, 0) is 17.9 Å². The van der Waals surface area contributed by atoms with Gasteiger partial charge in [-0.25, -0.2) is 4.39 Å². The van der Waals surface area contributed by atoms with Crippen molar-refractivity contribution >= 4 is 5.91 Å². The molecule has 1 amide bonds. The van der Waals surface area contributed by atoms with Crippen LogP contribution in [0, 0.1) is 5.82 Å². The van der Waals surface area contributed by atoms with Gasteiger partial charge in [-0.3, -0.25) is 9.69 Å². The smallest absolute Gasteiger partial charge is 0.239 e. The Kier molecular flexibility index (Phi) is 4.73. The van der Waals surface area contributed by atoms with E-state index in [4.69, 9.17) is 5.73 Å². The number of nitrogens with zero attached hydrogens (tertiary/aromatic N) is 2. The van der Waals surface area contributed by atoms with Crippen LogP contribution in [0.3, 0.4) is 0 Å². The van der Waals surface area contributed by atoms with Crippen LogP contribution in [0.4, 0.5) is 4.39 Å². The molecular formula is C15H22FN3O. The number of rotatable bonds is 4. The fraction of sp³-hybridized carbons (Fsp3) is 0.533. The highest BCUT2D eigenvalue weighted by Gasteiger charge is 2.31. The van der Waals surface area contributed by atoms with E-state index in [1.165, 1.54) is 6.07 Å². The first-order valence-corrected chi connectivity index (χ1v) is 6.95. The van der Waals surface area contributed by atoms with Crippen LogP contribution in [0.1, 0.15) is 24.0 Å². The summed E-state index contributed by atoms with van der Waals surface area (Å²) in [5, 5.41) is 0. The van der Waals surface area contributed by atoms with E-state index in [2.05, 4.69) is 4.90 Å². The van der Waals surface area contributed by atoms with E-state index in [0.717, 1.165) is 24.9 Å². The van der Waals surface area contributed by atoms with Gasteiger partial charge >= 0.3 is 0 Å². The number of likely N-dealkylation sites (tertiary alicyclic amines) is 1. The second-order valence-electron chi connectivity index (χ2n) is 5.49. The van der Waals surface area contributed by atoms with E-state index in [-0.39, 0.29) is 17.8 Å².